The van der Waals surface area contributed by atoms with Gasteiger partial charge in [0.2, 0.25) is 0 Å². The predicted molar refractivity (Wildman–Crippen MR) is 70.5 cm³/mol. The summed E-state index contributed by atoms with van der Waals surface area (Å²) in [6.07, 6.45) is 3.59. The van der Waals surface area contributed by atoms with Crippen molar-refractivity contribution in [3.8, 4) is 0 Å². The molecule has 4 heteroatoms. The molecule has 108 valence electrons. The Morgan fingerprint density at radius 1 is 1.21 bits per heavy atom. The van der Waals surface area contributed by atoms with Gasteiger partial charge in [-0.2, -0.15) is 0 Å². The van der Waals surface area contributed by atoms with Crippen molar-refractivity contribution in [1.29, 1.82) is 0 Å². The molecule has 0 aromatic heterocycles. The van der Waals surface area contributed by atoms with Crippen LogP contribution in [0.1, 0.15) is 52.9 Å². The first-order chi connectivity index (χ1) is 8.76. The van der Waals surface area contributed by atoms with Crippen molar-refractivity contribution >= 4 is 11.9 Å². The largest absolute Gasteiger partial charge is 0.481 e. The van der Waals surface area contributed by atoms with Crippen LogP contribution in [0, 0.1) is 23.2 Å². The molecule has 2 rings (SSSR count). The SMILES string of the molecule is CC(C)(C)CCC(=O)OC1CC2CC(C(=O)O)C1C2. The van der Waals surface area contributed by atoms with Gasteiger partial charge in [-0.15, -0.1) is 0 Å². The van der Waals surface area contributed by atoms with Crippen LogP contribution in [0.5, 0.6) is 0 Å². The highest BCUT2D eigenvalue weighted by Gasteiger charge is 2.50. The van der Waals surface area contributed by atoms with Crippen LogP contribution in [-0.4, -0.2) is 23.1 Å². The van der Waals surface area contributed by atoms with Crippen LogP contribution in [0.15, 0.2) is 0 Å². The van der Waals surface area contributed by atoms with Crippen molar-refractivity contribution in [2.75, 3.05) is 0 Å². The molecule has 0 radical (unpaired) electrons. The van der Waals surface area contributed by atoms with Gasteiger partial charge in [-0.3, -0.25) is 9.59 Å². The zero-order valence-corrected chi connectivity index (χ0v) is 12.0. The van der Waals surface area contributed by atoms with E-state index in [-0.39, 0.29) is 29.3 Å². The van der Waals surface area contributed by atoms with E-state index in [1.165, 1.54) is 0 Å². The predicted octanol–water partition coefficient (Wildman–Crippen LogP) is 2.86. The Balaban J connectivity index is 1.84. The summed E-state index contributed by atoms with van der Waals surface area (Å²) in [4.78, 5) is 23.0. The molecule has 0 spiro atoms. The van der Waals surface area contributed by atoms with E-state index in [4.69, 9.17) is 9.84 Å². The maximum Gasteiger partial charge on any atom is 0.306 e. The van der Waals surface area contributed by atoms with Gasteiger partial charge in [0.05, 0.1) is 5.92 Å². The minimum Gasteiger partial charge on any atom is -0.481 e. The molecule has 0 aromatic carbocycles. The summed E-state index contributed by atoms with van der Waals surface area (Å²) in [5, 5.41) is 9.16. The molecule has 0 heterocycles. The smallest absolute Gasteiger partial charge is 0.306 e. The highest BCUT2D eigenvalue weighted by atomic mass is 16.5. The number of hydrogen-bond donors (Lipinski definition) is 1. The second kappa shape index (κ2) is 5.14. The van der Waals surface area contributed by atoms with Gasteiger partial charge in [0.1, 0.15) is 6.10 Å². The molecule has 0 aromatic rings. The summed E-state index contributed by atoms with van der Waals surface area (Å²) in [7, 11) is 0. The Morgan fingerprint density at radius 2 is 1.89 bits per heavy atom. The monoisotopic (exact) mass is 268 g/mol. The third kappa shape index (κ3) is 3.48. The van der Waals surface area contributed by atoms with E-state index in [2.05, 4.69) is 20.8 Å². The van der Waals surface area contributed by atoms with Gasteiger partial charge < -0.3 is 9.84 Å². The molecule has 4 unspecified atom stereocenters. The standard InChI is InChI=1S/C15H24O4/c1-15(2,3)5-4-13(16)19-12-8-9-6-10(12)11(7-9)14(17)18/h9-12H,4-8H2,1-3H3,(H,17,18). The maximum atomic E-state index is 11.8. The fraction of sp³-hybridized carbons (Fsp3) is 0.867. The minimum absolute atomic E-state index is 0.0427. The van der Waals surface area contributed by atoms with Crippen molar-refractivity contribution < 1.29 is 19.4 Å². The number of carboxylic acid groups (broad SMARTS) is 1. The average molecular weight is 268 g/mol. The van der Waals surface area contributed by atoms with Gasteiger partial charge >= 0.3 is 11.9 Å². The van der Waals surface area contributed by atoms with Gasteiger partial charge in [-0.05, 0) is 37.0 Å². The van der Waals surface area contributed by atoms with Crippen LogP contribution in [-0.2, 0) is 14.3 Å². The minimum atomic E-state index is -0.733. The third-order valence-electron chi connectivity index (χ3n) is 4.43. The summed E-state index contributed by atoms with van der Waals surface area (Å²) in [5.74, 6) is -0.730. The summed E-state index contributed by atoms with van der Waals surface area (Å²) < 4.78 is 5.52. The Bertz CT molecular complexity index is 369. The lowest BCUT2D eigenvalue weighted by atomic mass is 9.86. The molecule has 2 bridgehead atoms. The highest BCUT2D eigenvalue weighted by Crippen LogP contribution is 2.49. The normalized spacial score (nSPS) is 33.4. The van der Waals surface area contributed by atoms with Crippen LogP contribution in [0.4, 0.5) is 0 Å². The first kappa shape index (κ1) is 14.4. The second-order valence-corrected chi connectivity index (χ2v) is 7.27. The van der Waals surface area contributed by atoms with E-state index >= 15 is 0 Å². The number of esters is 1. The molecule has 0 aliphatic heterocycles. The van der Waals surface area contributed by atoms with Crippen LogP contribution in [0.2, 0.25) is 0 Å². The van der Waals surface area contributed by atoms with E-state index in [1.54, 1.807) is 0 Å². The van der Waals surface area contributed by atoms with Crippen LogP contribution < -0.4 is 0 Å². The summed E-state index contributed by atoms with van der Waals surface area (Å²) >= 11 is 0. The zero-order chi connectivity index (χ0) is 14.2. The number of carbonyl (C=O) groups excluding carboxylic acids is 1. The molecule has 2 fully saturated rings. The van der Waals surface area contributed by atoms with Crippen LogP contribution in [0.3, 0.4) is 0 Å². The Hall–Kier alpha value is -1.06. The molecule has 4 atom stereocenters. The first-order valence-electron chi connectivity index (χ1n) is 7.18. The number of hydrogen-bond acceptors (Lipinski definition) is 3. The quantitative estimate of drug-likeness (QED) is 0.796. The number of rotatable bonds is 4. The lowest BCUT2D eigenvalue weighted by Crippen LogP contribution is -2.33. The number of fused-ring (bicyclic) bond motifs is 2. The average Bonchev–Trinajstić information content (AvgIpc) is 2.84. The molecular weight excluding hydrogens is 244 g/mol. The summed E-state index contributed by atoms with van der Waals surface area (Å²) in [6, 6.07) is 0. The summed E-state index contributed by atoms with van der Waals surface area (Å²) in [5.41, 5.74) is 0.122. The number of carbonyl (C=O) groups is 2. The lowest BCUT2D eigenvalue weighted by molar-refractivity contribution is -0.158. The first-order valence-corrected chi connectivity index (χ1v) is 7.18. The molecule has 0 saturated heterocycles. The third-order valence-corrected chi connectivity index (χ3v) is 4.43. The van der Waals surface area contributed by atoms with Crippen LogP contribution in [0.25, 0.3) is 0 Å². The molecule has 0 amide bonds. The number of ether oxygens (including phenoxy) is 1. The zero-order valence-electron chi connectivity index (χ0n) is 12.0. The maximum absolute atomic E-state index is 11.8. The van der Waals surface area contributed by atoms with Crippen molar-refractivity contribution in [2.45, 2.75) is 59.0 Å². The van der Waals surface area contributed by atoms with E-state index in [0.29, 0.717) is 12.3 Å². The molecule has 19 heavy (non-hydrogen) atoms. The molecular formula is C15H24O4. The van der Waals surface area contributed by atoms with Gasteiger partial charge in [0, 0.05) is 12.3 Å². The highest BCUT2D eigenvalue weighted by molar-refractivity contribution is 5.72. The van der Waals surface area contributed by atoms with Gasteiger partial charge in [-0.1, -0.05) is 20.8 Å². The van der Waals surface area contributed by atoms with E-state index in [0.717, 1.165) is 25.7 Å². The molecule has 1 N–H and O–H groups in total. The lowest BCUT2D eigenvalue weighted by Gasteiger charge is -2.27. The fourth-order valence-electron chi connectivity index (χ4n) is 3.41. The molecule has 2 saturated carbocycles. The van der Waals surface area contributed by atoms with Crippen molar-refractivity contribution in [3.05, 3.63) is 0 Å². The molecule has 4 nitrogen and oxygen atoms in total. The van der Waals surface area contributed by atoms with Gasteiger partial charge in [0.25, 0.3) is 0 Å². The second-order valence-electron chi connectivity index (χ2n) is 7.27. The Morgan fingerprint density at radius 3 is 2.42 bits per heavy atom. The molecule has 2 aliphatic rings. The van der Waals surface area contributed by atoms with E-state index in [9.17, 15) is 9.59 Å². The van der Waals surface area contributed by atoms with Gasteiger partial charge in [0.15, 0.2) is 0 Å². The van der Waals surface area contributed by atoms with Gasteiger partial charge in [-0.25, -0.2) is 0 Å². The van der Waals surface area contributed by atoms with Crippen LogP contribution >= 0.6 is 0 Å². The van der Waals surface area contributed by atoms with Crippen molar-refractivity contribution in [1.82, 2.24) is 0 Å². The fourth-order valence-corrected chi connectivity index (χ4v) is 3.41. The Kier molecular flexibility index (Phi) is 3.88. The Labute approximate surface area is 114 Å². The molecule has 2 aliphatic carbocycles. The number of aliphatic carboxylic acids is 1. The topological polar surface area (TPSA) is 63.6 Å². The number of carboxylic acids is 1. The van der Waals surface area contributed by atoms with Crippen molar-refractivity contribution in [2.24, 2.45) is 23.2 Å². The van der Waals surface area contributed by atoms with E-state index < -0.39 is 5.97 Å². The van der Waals surface area contributed by atoms with E-state index in [1.807, 2.05) is 0 Å². The summed E-state index contributed by atoms with van der Waals surface area (Å²) in [6.45, 7) is 6.29. The van der Waals surface area contributed by atoms with Crippen molar-refractivity contribution in [3.63, 3.8) is 0 Å².